The van der Waals surface area contributed by atoms with Gasteiger partial charge in [0.2, 0.25) is 0 Å². The van der Waals surface area contributed by atoms with Crippen LogP contribution in [0.1, 0.15) is 38.0 Å². The molecule has 4 rings (SSSR count). The van der Waals surface area contributed by atoms with Crippen LogP contribution in [0, 0.1) is 0 Å². The lowest BCUT2D eigenvalue weighted by atomic mass is 10.1. The van der Waals surface area contributed by atoms with Crippen LogP contribution in [0.25, 0.3) is 10.8 Å². The van der Waals surface area contributed by atoms with Crippen molar-refractivity contribution < 1.29 is 23.9 Å². The number of hydrogen-bond donors (Lipinski definition) is 1. The average Bonchev–Trinajstić information content (AvgIpc) is 3.04. The fourth-order valence-electron chi connectivity index (χ4n) is 3.56. The Kier molecular flexibility index (Phi) is 5.55. The van der Waals surface area contributed by atoms with Gasteiger partial charge in [-0.2, -0.15) is 0 Å². The highest BCUT2D eigenvalue weighted by Gasteiger charge is 2.35. The van der Waals surface area contributed by atoms with E-state index in [1.54, 1.807) is 6.07 Å². The summed E-state index contributed by atoms with van der Waals surface area (Å²) in [6.45, 7) is 5.08. The van der Waals surface area contributed by atoms with Crippen molar-refractivity contribution in [3.05, 3.63) is 90.0 Å². The van der Waals surface area contributed by atoms with Gasteiger partial charge in [-0.1, -0.05) is 42.5 Å². The van der Waals surface area contributed by atoms with Gasteiger partial charge in [-0.05, 0) is 36.6 Å². The summed E-state index contributed by atoms with van der Waals surface area (Å²) in [6.07, 6.45) is 0.372. The molecule has 32 heavy (non-hydrogen) atoms. The number of anilines is 1. The predicted octanol–water partition coefficient (Wildman–Crippen LogP) is 3.81. The maximum atomic E-state index is 12.6. The second-order valence-corrected chi connectivity index (χ2v) is 7.33. The van der Waals surface area contributed by atoms with Crippen LogP contribution in [0.3, 0.4) is 0 Å². The number of esters is 1. The first-order chi connectivity index (χ1) is 15.4. The van der Waals surface area contributed by atoms with Gasteiger partial charge < -0.3 is 10.1 Å². The summed E-state index contributed by atoms with van der Waals surface area (Å²) in [5.74, 6) is -2.19. The number of carbonyl (C=O) groups excluding carboxylic acids is 4. The standard InChI is InChI=1S/C25H20N2O5/c1-3-13-27-23(29)19-12-11-17(14-20(19)24(27)30)25(31)32-15(2)22(28)26-21-10-6-8-16-7-4-5-9-18(16)21/h3-12,14-15H,1,13H2,2H3,(H,26,28)/t15-/m1/s1. The van der Waals surface area contributed by atoms with Crippen LogP contribution < -0.4 is 5.32 Å². The summed E-state index contributed by atoms with van der Waals surface area (Å²) >= 11 is 0. The largest absolute Gasteiger partial charge is 0.449 e. The second kappa shape index (κ2) is 8.47. The Morgan fingerprint density at radius 1 is 1.03 bits per heavy atom. The van der Waals surface area contributed by atoms with Crippen molar-refractivity contribution >= 4 is 40.2 Å². The molecule has 0 saturated carbocycles. The van der Waals surface area contributed by atoms with Gasteiger partial charge in [0, 0.05) is 17.6 Å². The van der Waals surface area contributed by atoms with Gasteiger partial charge in [-0.3, -0.25) is 19.3 Å². The summed E-state index contributed by atoms with van der Waals surface area (Å²) < 4.78 is 5.30. The van der Waals surface area contributed by atoms with E-state index >= 15 is 0 Å². The summed E-state index contributed by atoms with van der Waals surface area (Å²) in [6, 6.07) is 17.3. The highest BCUT2D eigenvalue weighted by Crippen LogP contribution is 2.25. The van der Waals surface area contributed by atoms with E-state index in [2.05, 4.69) is 11.9 Å². The molecule has 3 aromatic rings. The Labute approximate surface area is 184 Å². The number of imide groups is 1. The average molecular weight is 428 g/mol. The van der Waals surface area contributed by atoms with Crippen molar-refractivity contribution in [2.24, 2.45) is 0 Å². The molecule has 3 amide bonds. The molecule has 0 unspecified atom stereocenters. The van der Waals surface area contributed by atoms with E-state index in [1.165, 1.54) is 31.2 Å². The van der Waals surface area contributed by atoms with Gasteiger partial charge >= 0.3 is 5.97 Å². The lowest BCUT2D eigenvalue weighted by Crippen LogP contribution is -2.30. The van der Waals surface area contributed by atoms with Crippen molar-refractivity contribution in [1.29, 1.82) is 0 Å². The molecular weight excluding hydrogens is 408 g/mol. The molecule has 0 fully saturated rings. The summed E-state index contributed by atoms with van der Waals surface area (Å²) in [7, 11) is 0. The molecule has 0 bridgehead atoms. The number of fused-ring (bicyclic) bond motifs is 2. The molecule has 0 saturated heterocycles. The molecule has 7 heteroatoms. The highest BCUT2D eigenvalue weighted by atomic mass is 16.5. The number of amides is 3. The summed E-state index contributed by atoms with van der Waals surface area (Å²) in [5.41, 5.74) is 1.03. The molecule has 1 N–H and O–H groups in total. The van der Waals surface area contributed by atoms with E-state index in [0.29, 0.717) is 5.69 Å². The minimum absolute atomic E-state index is 0.0789. The molecule has 3 aromatic carbocycles. The van der Waals surface area contributed by atoms with E-state index in [1.807, 2.05) is 36.4 Å². The summed E-state index contributed by atoms with van der Waals surface area (Å²) in [4.78, 5) is 51.0. The van der Waals surface area contributed by atoms with Gasteiger partial charge in [-0.25, -0.2) is 4.79 Å². The Bertz CT molecular complexity index is 1280. The zero-order chi connectivity index (χ0) is 22.8. The van der Waals surface area contributed by atoms with E-state index in [-0.39, 0.29) is 23.2 Å². The Morgan fingerprint density at radius 2 is 1.75 bits per heavy atom. The monoisotopic (exact) mass is 428 g/mol. The van der Waals surface area contributed by atoms with Crippen LogP contribution >= 0.6 is 0 Å². The lowest BCUT2D eigenvalue weighted by Gasteiger charge is -2.15. The first-order valence-corrected chi connectivity index (χ1v) is 10.0. The third-order valence-electron chi connectivity index (χ3n) is 5.22. The third-order valence-corrected chi connectivity index (χ3v) is 5.22. The molecule has 1 heterocycles. The Balaban J connectivity index is 1.47. The number of nitrogens with zero attached hydrogens (tertiary/aromatic N) is 1. The number of carbonyl (C=O) groups is 4. The van der Waals surface area contributed by atoms with E-state index in [4.69, 9.17) is 4.74 Å². The molecule has 0 radical (unpaired) electrons. The van der Waals surface area contributed by atoms with Crippen LogP contribution in [0.15, 0.2) is 73.3 Å². The van der Waals surface area contributed by atoms with E-state index in [9.17, 15) is 19.2 Å². The van der Waals surface area contributed by atoms with Gasteiger partial charge in [0.15, 0.2) is 6.10 Å². The van der Waals surface area contributed by atoms with Crippen LogP contribution in [0.5, 0.6) is 0 Å². The quantitative estimate of drug-likeness (QED) is 0.366. The SMILES string of the molecule is C=CCN1C(=O)c2ccc(C(=O)O[C@H](C)C(=O)Nc3cccc4ccccc34)cc2C1=O. The maximum Gasteiger partial charge on any atom is 0.338 e. The van der Waals surface area contributed by atoms with Crippen molar-refractivity contribution in [1.82, 2.24) is 4.90 Å². The number of nitrogens with one attached hydrogen (secondary N) is 1. The molecule has 0 aliphatic carbocycles. The van der Waals surface area contributed by atoms with Crippen LogP contribution in [-0.4, -0.2) is 41.2 Å². The fourth-order valence-corrected chi connectivity index (χ4v) is 3.56. The number of hydrogen-bond acceptors (Lipinski definition) is 5. The van der Waals surface area contributed by atoms with Crippen molar-refractivity contribution in [3.63, 3.8) is 0 Å². The number of benzene rings is 3. The van der Waals surface area contributed by atoms with Crippen molar-refractivity contribution in [3.8, 4) is 0 Å². The zero-order valence-electron chi connectivity index (χ0n) is 17.3. The first-order valence-electron chi connectivity index (χ1n) is 10.0. The predicted molar refractivity (Wildman–Crippen MR) is 119 cm³/mol. The van der Waals surface area contributed by atoms with Crippen LogP contribution in [0.4, 0.5) is 5.69 Å². The number of rotatable bonds is 6. The van der Waals surface area contributed by atoms with Gasteiger partial charge in [0.05, 0.1) is 16.7 Å². The molecule has 160 valence electrons. The molecule has 7 nitrogen and oxygen atoms in total. The first kappa shape index (κ1) is 21.0. The highest BCUT2D eigenvalue weighted by molar-refractivity contribution is 6.22. The third kappa shape index (κ3) is 3.76. The van der Waals surface area contributed by atoms with Crippen LogP contribution in [-0.2, 0) is 9.53 Å². The van der Waals surface area contributed by atoms with Crippen molar-refractivity contribution in [2.45, 2.75) is 13.0 Å². The van der Waals surface area contributed by atoms with Crippen molar-refractivity contribution in [2.75, 3.05) is 11.9 Å². The maximum absolute atomic E-state index is 12.6. The molecule has 0 spiro atoms. The molecular formula is C25H20N2O5. The topological polar surface area (TPSA) is 92.8 Å². The normalized spacial score (nSPS) is 13.6. The molecule has 0 aromatic heterocycles. The second-order valence-electron chi connectivity index (χ2n) is 7.33. The molecule has 1 atom stereocenters. The number of ether oxygens (including phenoxy) is 1. The Morgan fingerprint density at radius 3 is 2.53 bits per heavy atom. The van der Waals surface area contributed by atoms with Gasteiger partial charge in [0.1, 0.15) is 0 Å². The van der Waals surface area contributed by atoms with Crippen LogP contribution in [0.2, 0.25) is 0 Å². The molecule has 1 aliphatic rings. The van der Waals surface area contributed by atoms with Gasteiger partial charge in [-0.15, -0.1) is 6.58 Å². The minimum atomic E-state index is -1.08. The Hall–Kier alpha value is -4.26. The summed E-state index contributed by atoms with van der Waals surface area (Å²) in [5, 5.41) is 4.62. The fraction of sp³-hybridized carbons (Fsp3) is 0.120. The molecule has 1 aliphatic heterocycles. The smallest absolute Gasteiger partial charge is 0.338 e. The lowest BCUT2D eigenvalue weighted by molar-refractivity contribution is -0.123. The van der Waals surface area contributed by atoms with E-state index in [0.717, 1.165) is 15.7 Å². The zero-order valence-corrected chi connectivity index (χ0v) is 17.3. The van der Waals surface area contributed by atoms with E-state index < -0.39 is 29.8 Å². The van der Waals surface area contributed by atoms with Gasteiger partial charge in [0.25, 0.3) is 17.7 Å². The minimum Gasteiger partial charge on any atom is -0.449 e.